The maximum Gasteiger partial charge on any atom is 0.181 e. The van der Waals surface area contributed by atoms with Crippen molar-refractivity contribution < 1.29 is 4.74 Å². The highest BCUT2D eigenvalue weighted by molar-refractivity contribution is 6.33. The standard InChI is InChI=1S/C18H14ClN5O/c19-14-7-2-1-6-13(14)12-5-3-4-11(8-12)10-25-15-9-16(20)21-18-17(15)22-24-23-18/h1-9H,10H2,(H3,20,21,22,23,24). The Morgan fingerprint density at radius 1 is 1.08 bits per heavy atom. The number of hydrogen-bond acceptors (Lipinski definition) is 5. The van der Waals surface area contributed by atoms with Crippen molar-refractivity contribution in [3.8, 4) is 16.9 Å². The van der Waals surface area contributed by atoms with Gasteiger partial charge < -0.3 is 10.5 Å². The van der Waals surface area contributed by atoms with Gasteiger partial charge in [-0.3, -0.25) is 0 Å². The minimum absolute atomic E-state index is 0.346. The molecule has 0 unspecified atom stereocenters. The Morgan fingerprint density at radius 2 is 1.96 bits per heavy atom. The number of aromatic amines is 1. The molecule has 0 spiro atoms. The van der Waals surface area contributed by atoms with E-state index in [1.807, 2.05) is 48.5 Å². The number of nitrogens with two attached hydrogens (primary N) is 1. The number of ether oxygens (including phenoxy) is 1. The van der Waals surface area contributed by atoms with Gasteiger partial charge in [0.1, 0.15) is 12.4 Å². The van der Waals surface area contributed by atoms with Gasteiger partial charge in [-0.1, -0.05) is 53.2 Å². The number of nitrogens with one attached hydrogen (secondary N) is 1. The Bertz CT molecular complexity index is 1050. The topological polar surface area (TPSA) is 89.7 Å². The molecule has 6 nitrogen and oxygen atoms in total. The van der Waals surface area contributed by atoms with Gasteiger partial charge in [-0.05, 0) is 23.3 Å². The first-order chi connectivity index (χ1) is 12.2. The molecule has 25 heavy (non-hydrogen) atoms. The molecule has 0 saturated carbocycles. The molecule has 0 saturated heterocycles. The summed E-state index contributed by atoms with van der Waals surface area (Å²) in [7, 11) is 0. The van der Waals surface area contributed by atoms with Gasteiger partial charge in [-0.25, -0.2) is 10.1 Å². The molecule has 4 aromatic rings. The molecule has 0 aliphatic carbocycles. The van der Waals surface area contributed by atoms with Crippen molar-refractivity contribution in [3.63, 3.8) is 0 Å². The van der Waals surface area contributed by atoms with E-state index in [0.29, 0.717) is 34.4 Å². The monoisotopic (exact) mass is 351 g/mol. The summed E-state index contributed by atoms with van der Waals surface area (Å²) in [4.78, 5) is 4.12. The summed E-state index contributed by atoms with van der Waals surface area (Å²) in [6.07, 6.45) is 0. The first kappa shape index (κ1) is 15.4. The van der Waals surface area contributed by atoms with Crippen LogP contribution in [0.1, 0.15) is 5.56 Å². The van der Waals surface area contributed by atoms with Crippen molar-refractivity contribution in [3.05, 3.63) is 65.2 Å². The predicted octanol–water partition coefficient (Wildman–Crippen LogP) is 3.83. The minimum Gasteiger partial charge on any atom is -0.486 e. The van der Waals surface area contributed by atoms with Crippen molar-refractivity contribution in [2.45, 2.75) is 6.61 Å². The number of fused-ring (bicyclic) bond motifs is 1. The molecule has 3 N–H and O–H groups in total. The van der Waals surface area contributed by atoms with E-state index in [9.17, 15) is 0 Å². The third kappa shape index (κ3) is 3.12. The van der Waals surface area contributed by atoms with Crippen molar-refractivity contribution in [1.29, 1.82) is 0 Å². The van der Waals surface area contributed by atoms with Gasteiger partial charge in [0.15, 0.2) is 16.9 Å². The molecular weight excluding hydrogens is 338 g/mol. The number of benzene rings is 2. The number of H-pyrrole nitrogens is 1. The van der Waals surface area contributed by atoms with Crippen LogP contribution < -0.4 is 10.5 Å². The molecule has 4 rings (SSSR count). The quantitative estimate of drug-likeness (QED) is 0.583. The van der Waals surface area contributed by atoms with E-state index in [4.69, 9.17) is 22.1 Å². The SMILES string of the molecule is Nc1cc(OCc2cccc(-c3ccccc3Cl)c2)c2nn[nH]c2n1. The zero-order valence-electron chi connectivity index (χ0n) is 13.1. The Labute approximate surface area is 148 Å². The summed E-state index contributed by atoms with van der Waals surface area (Å²) >= 11 is 6.28. The van der Waals surface area contributed by atoms with Crippen LogP contribution in [0.5, 0.6) is 5.75 Å². The van der Waals surface area contributed by atoms with Gasteiger partial charge in [-0.15, -0.1) is 5.10 Å². The molecule has 0 radical (unpaired) electrons. The molecule has 0 aliphatic rings. The van der Waals surface area contributed by atoms with Crippen molar-refractivity contribution >= 4 is 28.6 Å². The Kier molecular flexibility index (Phi) is 3.95. The second-order valence-electron chi connectivity index (χ2n) is 5.52. The molecule has 0 fully saturated rings. The van der Waals surface area contributed by atoms with Gasteiger partial charge >= 0.3 is 0 Å². The Balaban J connectivity index is 1.60. The second kappa shape index (κ2) is 6.41. The van der Waals surface area contributed by atoms with E-state index in [0.717, 1.165) is 16.7 Å². The third-order valence-corrected chi connectivity index (χ3v) is 4.12. The second-order valence-corrected chi connectivity index (χ2v) is 5.93. The fraction of sp³-hybridized carbons (Fsp3) is 0.0556. The Morgan fingerprint density at radius 3 is 2.84 bits per heavy atom. The van der Waals surface area contributed by atoms with Crippen LogP contribution in [-0.4, -0.2) is 20.4 Å². The Hall–Kier alpha value is -3.12. The first-order valence-electron chi connectivity index (χ1n) is 7.64. The van der Waals surface area contributed by atoms with Crippen LogP contribution in [0.3, 0.4) is 0 Å². The lowest BCUT2D eigenvalue weighted by molar-refractivity contribution is 0.309. The van der Waals surface area contributed by atoms with Crippen LogP contribution in [0, 0.1) is 0 Å². The number of aromatic nitrogens is 4. The summed E-state index contributed by atoms with van der Waals surface area (Å²) in [5.74, 6) is 0.887. The van der Waals surface area contributed by atoms with E-state index in [2.05, 4.69) is 20.4 Å². The van der Waals surface area contributed by atoms with Crippen molar-refractivity contribution in [2.24, 2.45) is 0 Å². The number of nitrogen functional groups attached to an aromatic ring is 1. The zero-order valence-corrected chi connectivity index (χ0v) is 13.9. The molecule has 2 aromatic carbocycles. The van der Waals surface area contributed by atoms with Crippen LogP contribution in [0.15, 0.2) is 54.6 Å². The van der Waals surface area contributed by atoms with Crippen LogP contribution >= 0.6 is 11.6 Å². The van der Waals surface area contributed by atoms with Crippen LogP contribution in [0.4, 0.5) is 5.82 Å². The third-order valence-electron chi connectivity index (χ3n) is 3.79. The fourth-order valence-corrected chi connectivity index (χ4v) is 2.87. The summed E-state index contributed by atoms with van der Waals surface area (Å²) < 4.78 is 5.89. The van der Waals surface area contributed by atoms with Gasteiger partial charge in [0, 0.05) is 16.7 Å². The first-order valence-corrected chi connectivity index (χ1v) is 8.02. The summed E-state index contributed by atoms with van der Waals surface area (Å²) in [5.41, 5.74) is 9.86. The molecule has 0 aliphatic heterocycles. The fourth-order valence-electron chi connectivity index (χ4n) is 2.63. The maximum absolute atomic E-state index is 6.28. The highest BCUT2D eigenvalue weighted by atomic mass is 35.5. The average molecular weight is 352 g/mol. The number of nitrogens with zero attached hydrogens (tertiary/aromatic N) is 3. The largest absolute Gasteiger partial charge is 0.486 e. The van der Waals surface area contributed by atoms with Crippen LogP contribution in [-0.2, 0) is 6.61 Å². The summed E-state index contributed by atoms with van der Waals surface area (Å²) in [6, 6.07) is 17.4. The van der Waals surface area contributed by atoms with Gasteiger partial charge in [0.2, 0.25) is 0 Å². The lowest BCUT2D eigenvalue weighted by Crippen LogP contribution is -1.99. The number of anilines is 1. The minimum atomic E-state index is 0.346. The van der Waals surface area contributed by atoms with Crippen molar-refractivity contribution in [1.82, 2.24) is 20.4 Å². The highest BCUT2D eigenvalue weighted by Gasteiger charge is 2.10. The summed E-state index contributed by atoms with van der Waals surface area (Å²) in [5, 5.41) is 11.1. The van der Waals surface area contributed by atoms with E-state index < -0.39 is 0 Å². The van der Waals surface area contributed by atoms with E-state index >= 15 is 0 Å². The highest BCUT2D eigenvalue weighted by Crippen LogP contribution is 2.29. The van der Waals surface area contributed by atoms with Crippen LogP contribution in [0.2, 0.25) is 5.02 Å². The van der Waals surface area contributed by atoms with Gasteiger partial charge in [0.05, 0.1) is 0 Å². The molecule has 0 bridgehead atoms. The molecule has 0 amide bonds. The van der Waals surface area contributed by atoms with E-state index in [1.165, 1.54) is 0 Å². The number of hydrogen-bond donors (Lipinski definition) is 2. The van der Waals surface area contributed by atoms with Crippen molar-refractivity contribution in [2.75, 3.05) is 5.73 Å². The normalized spacial score (nSPS) is 10.9. The average Bonchev–Trinajstić information content (AvgIpc) is 3.08. The zero-order chi connectivity index (χ0) is 17.2. The van der Waals surface area contributed by atoms with Gasteiger partial charge in [-0.2, -0.15) is 0 Å². The van der Waals surface area contributed by atoms with Gasteiger partial charge in [0.25, 0.3) is 0 Å². The molecule has 2 aromatic heterocycles. The molecule has 2 heterocycles. The van der Waals surface area contributed by atoms with E-state index in [-0.39, 0.29) is 0 Å². The molecule has 7 heteroatoms. The molecular formula is C18H14ClN5O. The number of rotatable bonds is 4. The van der Waals surface area contributed by atoms with Crippen LogP contribution in [0.25, 0.3) is 22.3 Å². The lowest BCUT2D eigenvalue weighted by atomic mass is 10.0. The smallest absolute Gasteiger partial charge is 0.181 e. The van der Waals surface area contributed by atoms with E-state index in [1.54, 1.807) is 6.07 Å². The summed E-state index contributed by atoms with van der Waals surface area (Å²) in [6.45, 7) is 0.365. The molecule has 124 valence electrons. The lowest BCUT2D eigenvalue weighted by Gasteiger charge is -2.09. The predicted molar refractivity (Wildman–Crippen MR) is 97.3 cm³/mol. The maximum atomic E-state index is 6.28. The number of halogens is 1. The number of pyridine rings is 1. The molecule has 0 atom stereocenters.